The maximum atomic E-state index is 11.9. The fourth-order valence-electron chi connectivity index (χ4n) is 2.84. The Labute approximate surface area is 143 Å². The quantitative estimate of drug-likeness (QED) is 0.827. The standard InChI is InChI=1S/C17H23N3O3S/c1-3-24(21,22)20-11-9-19(10-12-20)13-16-14(2)23-17(18-16)15-7-5-4-6-8-15/h4-8H,3,9-13H2,1-2H3. The molecule has 1 saturated heterocycles. The fourth-order valence-corrected chi connectivity index (χ4v) is 3.92. The summed E-state index contributed by atoms with van der Waals surface area (Å²) in [5, 5.41) is 0. The number of hydrogen-bond donors (Lipinski definition) is 0. The molecule has 130 valence electrons. The highest BCUT2D eigenvalue weighted by atomic mass is 32.2. The second-order valence-electron chi connectivity index (χ2n) is 5.96. The molecule has 0 aliphatic carbocycles. The van der Waals surface area contributed by atoms with Gasteiger partial charge < -0.3 is 4.42 Å². The molecule has 2 heterocycles. The molecule has 24 heavy (non-hydrogen) atoms. The second-order valence-corrected chi connectivity index (χ2v) is 8.22. The molecule has 1 aliphatic heterocycles. The van der Waals surface area contributed by atoms with Crippen LogP contribution in [0.3, 0.4) is 0 Å². The van der Waals surface area contributed by atoms with E-state index >= 15 is 0 Å². The Kier molecular flexibility index (Phi) is 5.03. The van der Waals surface area contributed by atoms with Crippen molar-refractivity contribution in [2.45, 2.75) is 20.4 Å². The molecule has 1 aromatic heterocycles. The first-order chi connectivity index (χ1) is 11.5. The summed E-state index contributed by atoms with van der Waals surface area (Å²) in [5.74, 6) is 1.61. The minimum absolute atomic E-state index is 0.163. The summed E-state index contributed by atoms with van der Waals surface area (Å²) in [5.41, 5.74) is 1.88. The van der Waals surface area contributed by atoms with Crippen molar-refractivity contribution < 1.29 is 12.8 Å². The Hall–Kier alpha value is -1.70. The van der Waals surface area contributed by atoms with E-state index in [-0.39, 0.29) is 5.75 Å². The number of sulfonamides is 1. The smallest absolute Gasteiger partial charge is 0.226 e. The lowest BCUT2D eigenvalue weighted by Crippen LogP contribution is -2.48. The van der Waals surface area contributed by atoms with Gasteiger partial charge in [0.2, 0.25) is 15.9 Å². The van der Waals surface area contributed by atoms with E-state index in [0.717, 1.165) is 17.0 Å². The molecule has 0 radical (unpaired) electrons. The minimum Gasteiger partial charge on any atom is -0.441 e. The van der Waals surface area contributed by atoms with Crippen molar-refractivity contribution in [1.29, 1.82) is 0 Å². The van der Waals surface area contributed by atoms with E-state index in [1.165, 1.54) is 0 Å². The third-order valence-corrected chi connectivity index (χ3v) is 6.26. The molecule has 0 N–H and O–H groups in total. The van der Waals surface area contributed by atoms with Crippen molar-refractivity contribution in [3.63, 3.8) is 0 Å². The van der Waals surface area contributed by atoms with Gasteiger partial charge in [0.1, 0.15) is 5.76 Å². The molecule has 0 amide bonds. The van der Waals surface area contributed by atoms with Crippen LogP contribution in [0.5, 0.6) is 0 Å². The first-order valence-electron chi connectivity index (χ1n) is 8.21. The van der Waals surface area contributed by atoms with E-state index in [1.807, 2.05) is 37.3 Å². The second kappa shape index (κ2) is 7.04. The summed E-state index contributed by atoms with van der Waals surface area (Å²) in [6.45, 7) is 6.80. The van der Waals surface area contributed by atoms with Gasteiger partial charge in [-0.3, -0.25) is 4.90 Å². The topological polar surface area (TPSA) is 66.7 Å². The zero-order valence-corrected chi connectivity index (χ0v) is 14.9. The minimum atomic E-state index is -3.09. The van der Waals surface area contributed by atoms with Gasteiger partial charge in [-0.1, -0.05) is 18.2 Å². The Balaban J connectivity index is 1.65. The van der Waals surface area contributed by atoms with E-state index in [1.54, 1.807) is 11.2 Å². The van der Waals surface area contributed by atoms with Crippen molar-refractivity contribution in [3.8, 4) is 11.5 Å². The summed E-state index contributed by atoms with van der Waals surface area (Å²) < 4.78 is 31.2. The van der Waals surface area contributed by atoms with Crippen LogP contribution < -0.4 is 0 Å². The van der Waals surface area contributed by atoms with E-state index in [4.69, 9.17) is 4.42 Å². The Morgan fingerprint density at radius 2 is 1.79 bits per heavy atom. The first kappa shape index (κ1) is 17.1. The van der Waals surface area contributed by atoms with Crippen molar-refractivity contribution in [2.24, 2.45) is 0 Å². The third-order valence-electron chi connectivity index (χ3n) is 4.38. The van der Waals surface area contributed by atoms with Crippen LogP contribution in [-0.2, 0) is 16.6 Å². The highest BCUT2D eigenvalue weighted by Crippen LogP contribution is 2.22. The highest BCUT2D eigenvalue weighted by Gasteiger charge is 2.26. The lowest BCUT2D eigenvalue weighted by atomic mass is 10.2. The molecule has 3 rings (SSSR count). The fraction of sp³-hybridized carbons (Fsp3) is 0.471. The number of rotatable bonds is 5. The average molecular weight is 349 g/mol. The first-order valence-corrected chi connectivity index (χ1v) is 9.82. The van der Waals surface area contributed by atoms with Gasteiger partial charge in [0, 0.05) is 38.3 Å². The maximum absolute atomic E-state index is 11.9. The van der Waals surface area contributed by atoms with Gasteiger partial charge in [0.15, 0.2) is 0 Å². The summed E-state index contributed by atoms with van der Waals surface area (Å²) in [7, 11) is -3.09. The predicted molar refractivity (Wildman–Crippen MR) is 93.0 cm³/mol. The molecule has 1 fully saturated rings. The summed E-state index contributed by atoms with van der Waals surface area (Å²) >= 11 is 0. The van der Waals surface area contributed by atoms with Crippen molar-refractivity contribution >= 4 is 10.0 Å². The molecule has 0 bridgehead atoms. The van der Waals surface area contributed by atoms with Gasteiger partial charge in [0.05, 0.1) is 11.4 Å². The lowest BCUT2D eigenvalue weighted by Gasteiger charge is -2.33. The molecule has 6 nitrogen and oxygen atoms in total. The Morgan fingerprint density at radius 1 is 1.12 bits per heavy atom. The zero-order valence-electron chi connectivity index (χ0n) is 14.1. The van der Waals surface area contributed by atoms with Crippen molar-refractivity contribution in [2.75, 3.05) is 31.9 Å². The number of piperazine rings is 1. The third kappa shape index (κ3) is 3.68. The van der Waals surface area contributed by atoms with E-state index in [2.05, 4.69) is 9.88 Å². The molecule has 0 spiro atoms. The lowest BCUT2D eigenvalue weighted by molar-refractivity contribution is 0.179. The largest absolute Gasteiger partial charge is 0.441 e. The SMILES string of the molecule is CCS(=O)(=O)N1CCN(Cc2nc(-c3ccccc3)oc2C)CC1. The van der Waals surface area contributed by atoms with Gasteiger partial charge in [-0.2, -0.15) is 4.31 Å². The van der Waals surface area contributed by atoms with E-state index in [0.29, 0.717) is 38.6 Å². The predicted octanol–water partition coefficient (Wildman–Crippen LogP) is 2.12. The number of aromatic nitrogens is 1. The molecular weight excluding hydrogens is 326 g/mol. The van der Waals surface area contributed by atoms with Crippen molar-refractivity contribution in [1.82, 2.24) is 14.2 Å². The number of hydrogen-bond acceptors (Lipinski definition) is 5. The number of benzene rings is 1. The van der Waals surface area contributed by atoms with Crippen LogP contribution in [0.4, 0.5) is 0 Å². The molecule has 7 heteroatoms. The van der Waals surface area contributed by atoms with E-state index < -0.39 is 10.0 Å². The Morgan fingerprint density at radius 3 is 2.42 bits per heavy atom. The molecule has 2 aromatic rings. The summed E-state index contributed by atoms with van der Waals surface area (Å²) in [6, 6.07) is 9.83. The van der Waals surface area contributed by atoms with E-state index in [9.17, 15) is 8.42 Å². The maximum Gasteiger partial charge on any atom is 0.226 e. The molecule has 0 saturated carbocycles. The van der Waals surface area contributed by atoms with Gasteiger partial charge in [-0.25, -0.2) is 13.4 Å². The van der Waals surface area contributed by atoms with Crippen LogP contribution in [0.25, 0.3) is 11.5 Å². The van der Waals surface area contributed by atoms with Gasteiger partial charge >= 0.3 is 0 Å². The summed E-state index contributed by atoms with van der Waals surface area (Å²) in [6.07, 6.45) is 0. The van der Waals surface area contributed by atoms with Crippen LogP contribution >= 0.6 is 0 Å². The normalized spacial score (nSPS) is 17.2. The number of nitrogens with zero attached hydrogens (tertiary/aromatic N) is 3. The monoisotopic (exact) mass is 349 g/mol. The van der Waals surface area contributed by atoms with Gasteiger partial charge in [-0.05, 0) is 26.0 Å². The number of oxazole rings is 1. The molecule has 0 atom stereocenters. The molecule has 0 unspecified atom stereocenters. The average Bonchev–Trinajstić information content (AvgIpc) is 2.97. The van der Waals surface area contributed by atoms with Crippen molar-refractivity contribution in [3.05, 3.63) is 41.8 Å². The van der Waals surface area contributed by atoms with Crippen LogP contribution in [0.15, 0.2) is 34.7 Å². The molecule has 1 aliphatic rings. The molecule has 1 aromatic carbocycles. The summed E-state index contributed by atoms with van der Waals surface area (Å²) in [4.78, 5) is 6.84. The number of aryl methyl sites for hydroxylation is 1. The Bertz CT molecular complexity index is 779. The zero-order chi connectivity index (χ0) is 17.2. The van der Waals surface area contributed by atoms with Crippen LogP contribution in [-0.4, -0.2) is 54.5 Å². The van der Waals surface area contributed by atoms with Gasteiger partial charge in [0.25, 0.3) is 0 Å². The van der Waals surface area contributed by atoms with Crippen LogP contribution in [0.2, 0.25) is 0 Å². The van der Waals surface area contributed by atoms with Gasteiger partial charge in [-0.15, -0.1) is 0 Å². The molecular formula is C17H23N3O3S. The van der Waals surface area contributed by atoms with Crippen LogP contribution in [0, 0.1) is 6.92 Å². The van der Waals surface area contributed by atoms with Crippen LogP contribution in [0.1, 0.15) is 18.4 Å². The highest BCUT2D eigenvalue weighted by molar-refractivity contribution is 7.89.